The number of aromatic amines is 1. The molecular weight excluding hydrogens is 438 g/mol. The molecule has 178 valence electrons. The quantitative estimate of drug-likeness (QED) is 0.374. The van der Waals surface area contributed by atoms with Gasteiger partial charge < -0.3 is 26.0 Å². The predicted octanol–water partition coefficient (Wildman–Crippen LogP) is 1.62. The number of rotatable bonds is 9. The first-order valence-electron chi connectivity index (χ1n) is 10.7. The topological polar surface area (TPSA) is 158 Å². The van der Waals surface area contributed by atoms with E-state index in [0.717, 1.165) is 16.8 Å². The van der Waals surface area contributed by atoms with E-state index in [0.29, 0.717) is 23.3 Å². The Morgan fingerprint density at radius 1 is 1.18 bits per heavy atom. The molecule has 0 unspecified atom stereocenters. The van der Waals surface area contributed by atoms with Crippen LogP contribution in [0.5, 0.6) is 0 Å². The Bertz CT molecular complexity index is 1300. The van der Waals surface area contributed by atoms with Crippen LogP contribution in [0.15, 0.2) is 41.2 Å². The summed E-state index contributed by atoms with van der Waals surface area (Å²) in [7, 11) is 1.89. The summed E-state index contributed by atoms with van der Waals surface area (Å²) in [6.45, 7) is 4.23. The lowest BCUT2D eigenvalue weighted by Crippen LogP contribution is -2.41. The summed E-state index contributed by atoms with van der Waals surface area (Å²) in [5, 5.41) is 12.2. The molecule has 1 heterocycles. The molecule has 0 aliphatic carbocycles. The number of carboxylic acid groups (broad SMARTS) is 1. The van der Waals surface area contributed by atoms with Gasteiger partial charge in [0.1, 0.15) is 11.9 Å². The molecule has 34 heavy (non-hydrogen) atoms. The maximum absolute atomic E-state index is 12.5. The second kappa shape index (κ2) is 10.2. The predicted molar refractivity (Wildman–Crippen MR) is 128 cm³/mol. The van der Waals surface area contributed by atoms with Gasteiger partial charge in [0, 0.05) is 31.3 Å². The van der Waals surface area contributed by atoms with E-state index in [4.69, 9.17) is 5.73 Å². The SMILES string of the molecule is Cc1nc2cc(C)c(CN(C)c3ccc(C(=O)N[C@@H](CCC(N)=O)C(=O)O)cc3)cc2c(=O)[nH]1. The normalized spacial score (nSPS) is 11.7. The summed E-state index contributed by atoms with van der Waals surface area (Å²) < 4.78 is 0. The Morgan fingerprint density at radius 3 is 2.47 bits per heavy atom. The zero-order valence-corrected chi connectivity index (χ0v) is 19.2. The fraction of sp³-hybridized carbons (Fsp3) is 0.292. The second-order valence-electron chi connectivity index (χ2n) is 8.22. The Hall–Kier alpha value is -4.21. The van der Waals surface area contributed by atoms with Gasteiger partial charge in [-0.1, -0.05) is 0 Å². The second-order valence-corrected chi connectivity index (χ2v) is 8.22. The number of nitrogens with one attached hydrogen (secondary N) is 2. The van der Waals surface area contributed by atoms with Crippen LogP contribution in [0.2, 0.25) is 0 Å². The van der Waals surface area contributed by atoms with Crippen molar-refractivity contribution >= 4 is 34.4 Å². The van der Waals surface area contributed by atoms with Crippen LogP contribution in [-0.4, -0.2) is 45.9 Å². The number of carbonyl (C=O) groups excluding carboxylic acids is 2. The summed E-state index contributed by atoms with van der Waals surface area (Å²) in [5.74, 6) is -1.86. The number of anilines is 1. The highest BCUT2D eigenvalue weighted by atomic mass is 16.4. The van der Waals surface area contributed by atoms with Crippen molar-refractivity contribution in [2.45, 2.75) is 39.3 Å². The van der Waals surface area contributed by atoms with Gasteiger partial charge in [-0.3, -0.25) is 14.4 Å². The number of aryl methyl sites for hydroxylation is 2. The molecule has 1 aromatic heterocycles. The van der Waals surface area contributed by atoms with Gasteiger partial charge >= 0.3 is 5.97 Å². The lowest BCUT2D eigenvalue weighted by atomic mass is 10.0. The fourth-order valence-corrected chi connectivity index (χ4v) is 3.62. The van der Waals surface area contributed by atoms with Crippen LogP contribution in [-0.2, 0) is 16.1 Å². The molecule has 3 rings (SSSR count). The monoisotopic (exact) mass is 465 g/mol. The van der Waals surface area contributed by atoms with Gasteiger partial charge in [0.15, 0.2) is 0 Å². The molecule has 3 aromatic rings. The molecule has 2 amide bonds. The number of carboxylic acids is 1. The molecule has 1 atom stereocenters. The molecule has 0 aliphatic heterocycles. The number of hydrogen-bond acceptors (Lipinski definition) is 6. The van der Waals surface area contributed by atoms with Gasteiger partial charge in [0.05, 0.1) is 10.9 Å². The summed E-state index contributed by atoms with van der Waals surface area (Å²) in [4.78, 5) is 56.1. The molecule has 0 saturated heterocycles. The Labute approximate surface area is 195 Å². The summed E-state index contributed by atoms with van der Waals surface area (Å²) in [6, 6.07) is 9.22. The molecule has 0 spiro atoms. The van der Waals surface area contributed by atoms with Gasteiger partial charge in [-0.15, -0.1) is 0 Å². The Balaban J connectivity index is 1.72. The van der Waals surface area contributed by atoms with E-state index in [9.17, 15) is 24.3 Å². The molecule has 0 aliphatic rings. The van der Waals surface area contributed by atoms with Gasteiger partial charge in [0.2, 0.25) is 5.91 Å². The van der Waals surface area contributed by atoms with Crippen molar-refractivity contribution in [3.8, 4) is 0 Å². The molecule has 0 fully saturated rings. The molecule has 0 radical (unpaired) electrons. The standard InChI is InChI=1S/C24H27N5O5/c1-13-10-20-18(23(32)27-14(2)26-20)11-16(13)12-29(3)17-6-4-15(5-7-17)22(31)28-19(24(33)34)8-9-21(25)30/h4-7,10-11,19H,8-9,12H2,1-3H3,(H2,25,30)(H,28,31)(H,33,34)(H,26,27,32)/t19-/m0/s1. The van der Waals surface area contributed by atoms with Gasteiger partial charge in [0.25, 0.3) is 11.5 Å². The minimum absolute atomic E-state index is 0.0831. The third kappa shape index (κ3) is 5.77. The number of hydrogen-bond donors (Lipinski definition) is 4. The van der Waals surface area contributed by atoms with Crippen LogP contribution in [0.3, 0.4) is 0 Å². The van der Waals surface area contributed by atoms with Crippen molar-refractivity contribution in [2.24, 2.45) is 5.73 Å². The molecule has 0 saturated carbocycles. The van der Waals surface area contributed by atoms with Gasteiger partial charge in [-0.25, -0.2) is 9.78 Å². The minimum Gasteiger partial charge on any atom is -0.480 e. The van der Waals surface area contributed by atoms with Crippen molar-refractivity contribution in [1.82, 2.24) is 15.3 Å². The van der Waals surface area contributed by atoms with E-state index in [1.807, 2.05) is 31.0 Å². The van der Waals surface area contributed by atoms with Crippen LogP contribution in [0.25, 0.3) is 10.9 Å². The summed E-state index contributed by atoms with van der Waals surface area (Å²) in [5.41, 5.74) is 8.62. The molecule has 5 N–H and O–H groups in total. The van der Waals surface area contributed by atoms with Gasteiger partial charge in [-0.05, 0) is 67.8 Å². The zero-order valence-electron chi connectivity index (χ0n) is 19.2. The maximum atomic E-state index is 12.5. The lowest BCUT2D eigenvalue weighted by molar-refractivity contribution is -0.139. The first kappa shape index (κ1) is 24.4. The van der Waals surface area contributed by atoms with Gasteiger partial charge in [-0.2, -0.15) is 0 Å². The number of nitrogens with zero attached hydrogens (tertiary/aromatic N) is 2. The minimum atomic E-state index is -1.24. The largest absolute Gasteiger partial charge is 0.480 e. The van der Waals surface area contributed by atoms with E-state index < -0.39 is 23.8 Å². The van der Waals surface area contributed by atoms with Crippen LogP contribution in [0.1, 0.15) is 40.2 Å². The molecule has 0 bridgehead atoms. The molecule has 10 nitrogen and oxygen atoms in total. The van der Waals surface area contributed by atoms with E-state index in [2.05, 4.69) is 15.3 Å². The van der Waals surface area contributed by atoms with Crippen LogP contribution in [0.4, 0.5) is 5.69 Å². The highest BCUT2D eigenvalue weighted by Crippen LogP contribution is 2.21. The Kier molecular flexibility index (Phi) is 7.30. The van der Waals surface area contributed by atoms with Crippen molar-refractivity contribution in [3.63, 3.8) is 0 Å². The zero-order chi connectivity index (χ0) is 25.0. The Morgan fingerprint density at radius 2 is 1.85 bits per heavy atom. The van der Waals surface area contributed by atoms with Crippen molar-refractivity contribution in [1.29, 1.82) is 0 Å². The molecule has 2 aromatic carbocycles. The maximum Gasteiger partial charge on any atom is 0.326 e. The summed E-state index contributed by atoms with van der Waals surface area (Å²) >= 11 is 0. The van der Waals surface area contributed by atoms with Crippen molar-refractivity contribution < 1.29 is 19.5 Å². The van der Waals surface area contributed by atoms with E-state index in [1.165, 1.54) is 0 Å². The number of aromatic nitrogens is 2. The third-order valence-electron chi connectivity index (χ3n) is 5.54. The van der Waals surface area contributed by atoms with E-state index in [1.54, 1.807) is 31.2 Å². The van der Waals surface area contributed by atoms with Crippen molar-refractivity contribution in [3.05, 3.63) is 69.3 Å². The average molecular weight is 466 g/mol. The number of carbonyl (C=O) groups is 3. The smallest absolute Gasteiger partial charge is 0.326 e. The molecule has 10 heteroatoms. The summed E-state index contributed by atoms with van der Waals surface area (Å²) in [6.07, 6.45) is -0.225. The van der Waals surface area contributed by atoms with Crippen LogP contribution >= 0.6 is 0 Å². The fourth-order valence-electron chi connectivity index (χ4n) is 3.62. The van der Waals surface area contributed by atoms with E-state index >= 15 is 0 Å². The highest BCUT2D eigenvalue weighted by molar-refractivity contribution is 5.97. The number of fused-ring (bicyclic) bond motifs is 1. The first-order chi connectivity index (χ1) is 16.0. The lowest BCUT2D eigenvalue weighted by Gasteiger charge is -2.21. The average Bonchev–Trinajstić information content (AvgIpc) is 2.77. The first-order valence-corrected chi connectivity index (χ1v) is 10.7. The van der Waals surface area contributed by atoms with Crippen LogP contribution in [0, 0.1) is 13.8 Å². The molecular formula is C24H27N5O5. The van der Waals surface area contributed by atoms with Crippen molar-refractivity contribution in [2.75, 3.05) is 11.9 Å². The van der Waals surface area contributed by atoms with E-state index in [-0.39, 0.29) is 24.0 Å². The number of H-pyrrole nitrogens is 1. The number of primary amides is 1. The number of amides is 2. The number of aliphatic carboxylic acids is 1. The number of benzene rings is 2. The van der Waals surface area contributed by atoms with Crippen LogP contribution < -0.4 is 21.5 Å². The highest BCUT2D eigenvalue weighted by Gasteiger charge is 2.21. The number of nitrogens with two attached hydrogens (primary N) is 1. The third-order valence-corrected chi connectivity index (χ3v) is 5.54.